The van der Waals surface area contributed by atoms with Crippen molar-refractivity contribution in [3.63, 3.8) is 0 Å². The Morgan fingerprint density at radius 2 is 1.83 bits per heavy atom. The van der Waals surface area contributed by atoms with Crippen molar-refractivity contribution in [1.29, 1.82) is 0 Å². The lowest BCUT2D eigenvalue weighted by molar-refractivity contribution is 0.168. The molecule has 1 N–H and O–H groups in total. The maximum atomic E-state index is 12.5. The zero-order valence-electron chi connectivity index (χ0n) is 11.3. The molecule has 1 heterocycles. The second kappa shape index (κ2) is 4.48. The summed E-state index contributed by atoms with van der Waals surface area (Å²) in [5, 5.41) is 3.46. The lowest BCUT2D eigenvalue weighted by atomic mass is 9.71. The predicted octanol–water partition coefficient (Wildman–Crippen LogP) is 2.26. The minimum atomic E-state index is -2.88. The number of hydrogen-bond acceptors (Lipinski definition) is 3. The van der Waals surface area contributed by atoms with Crippen LogP contribution in [0.3, 0.4) is 0 Å². The molecular weight excluding hydrogens is 246 g/mol. The number of sulfone groups is 1. The van der Waals surface area contributed by atoms with E-state index in [4.69, 9.17) is 0 Å². The summed E-state index contributed by atoms with van der Waals surface area (Å²) in [6.07, 6.45) is 9.16. The molecular formula is C14H25NO2S. The van der Waals surface area contributed by atoms with Gasteiger partial charge in [0.05, 0.1) is 11.0 Å². The standard InChI is InChI=1S/C14H25NO2S/c1-11-5-9-18(16,17)13-10-14(6-2-3-7-14)8-4-12(13)15-11/h11-13,15H,2-10H2,1H3. The van der Waals surface area contributed by atoms with Gasteiger partial charge >= 0.3 is 0 Å². The third kappa shape index (κ3) is 2.22. The summed E-state index contributed by atoms with van der Waals surface area (Å²) in [4.78, 5) is 0. The van der Waals surface area contributed by atoms with Gasteiger partial charge in [-0.1, -0.05) is 12.8 Å². The van der Waals surface area contributed by atoms with Gasteiger partial charge in [-0.25, -0.2) is 8.42 Å². The number of fused-ring (bicyclic) bond motifs is 1. The SMILES string of the molecule is CC1CCS(=O)(=O)C2CC3(CCCC3)CCC2N1. The molecule has 3 rings (SSSR count). The van der Waals surface area contributed by atoms with Gasteiger partial charge in [0.25, 0.3) is 0 Å². The first-order chi connectivity index (χ1) is 8.51. The molecule has 2 aliphatic carbocycles. The Bertz CT molecular complexity index is 412. The number of nitrogens with one attached hydrogen (secondary N) is 1. The highest BCUT2D eigenvalue weighted by atomic mass is 32.2. The maximum absolute atomic E-state index is 12.5. The van der Waals surface area contributed by atoms with Gasteiger partial charge in [0.1, 0.15) is 0 Å². The summed E-state index contributed by atoms with van der Waals surface area (Å²) in [5.74, 6) is 0.387. The highest BCUT2D eigenvalue weighted by Crippen LogP contribution is 2.50. The van der Waals surface area contributed by atoms with Crippen LogP contribution in [0, 0.1) is 5.41 Å². The Hall–Kier alpha value is -0.0900. The molecule has 0 aromatic rings. The Kier molecular flexibility index (Phi) is 3.22. The average Bonchev–Trinajstić information content (AvgIpc) is 2.73. The van der Waals surface area contributed by atoms with E-state index in [9.17, 15) is 8.42 Å². The van der Waals surface area contributed by atoms with Gasteiger partial charge in [0, 0.05) is 12.1 Å². The first-order valence-electron chi connectivity index (χ1n) is 7.48. The van der Waals surface area contributed by atoms with Crippen molar-refractivity contribution in [3.8, 4) is 0 Å². The highest BCUT2D eigenvalue weighted by Gasteiger charge is 2.48. The van der Waals surface area contributed by atoms with E-state index in [2.05, 4.69) is 12.2 Å². The van der Waals surface area contributed by atoms with E-state index in [0.717, 1.165) is 19.3 Å². The molecule has 18 heavy (non-hydrogen) atoms. The second-order valence-electron chi connectivity index (χ2n) is 6.82. The van der Waals surface area contributed by atoms with E-state index >= 15 is 0 Å². The van der Waals surface area contributed by atoms with Crippen molar-refractivity contribution >= 4 is 9.84 Å². The van der Waals surface area contributed by atoms with Gasteiger partial charge in [0.15, 0.2) is 9.84 Å². The monoisotopic (exact) mass is 271 g/mol. The molecule has 0 amide bonds. The zero-order chi connectivity index (χ0) is 12.8. The maximum Gasteiger partial charge on any atom is 0.154 e. The predicted molar refractivity (Wildman–Crippen MR) is 73.3 cm³/mol. The molecule has 0 aromatic heterocycles. The Labute approximate surface area is 111 Å². The largest absolute Gasteiger partial charge is 0.310 e. The van der Waals surface area contributed by atoms with Crippen LogP contribution < -0.4 is 5.32 Å². The minimum absolute atomic E-state index is 0.103. The molecule has 3 unspecified atom stereocenters. The molecule has 104 valence electrons. The molecule has 1 saturated heterocycles. The van der Waals surface area contributed by atoms with Crippen LogP contribution in [0.1, 0.15) is 58.3 Å². The first kappa shape index (κ1) is 12.9. The molecule has 1 aliphatic heterocycles. The third-order valence-corrected chi connectivity index (χ3v) is 7.75. The summed E-state index contributed by atoms with van der Waals surface area (Å²) >= 11 is 0. The molecule has 0 bridgehead atoms. The molecule has 0 radical (unpaired) electrons. The molecule has 3 fully saturated rings. The second-order valence-corrected chi connectivity index (χ2v) is 9.16. The third-order valence-electron chi connectivity index (χ3n) is 5.53. The Morgan fingerprint density at radius 1 is 1.11 bits per heavy atom. The smallest absolute Gasteiger partial charge is 0.154 e. The van der Waals surface area contributed by atoms with Gasteiger partial charge in [0.2, 0.25) is 0 Å². The van der Waals surface area contributed by atoms with E-state index in [1.807, 2.05) is 0 Å². The highest BCUT2D eigenvalue weighted by molar-refractivity contribution is 7.92. The van der Waals surface area contributed by atoms with Crippen LogP contribution in [-0.4, -0.2) is 31.5 Å². The average molecular weight is 271 g/mol. The Balaban J connectivity index is 1.86. The fourth-order valence-electron chi connectivity index (χ4n) is 4.41. The quantitative estimate of drug-likeness (QED) is 0.735. The van der Waals surface area contributed by atoms with Crippen LogP contribution in [0.25, 0.3) is 0 Å². The number of rotatable bonds is 0. The molecule has 0 aromatic carbocycles. The van der Waals surface area contributed by atoms with E-state index < -0.39 is 9.84 Å². The minimum Gasteiger partial charge on any atom is -0.310 e. The summed E-state index contributed by atoms with van der Waals surface area (Å²) in [6.45, 7) is 2.12. The van der Waals surface area contributed by atoms with Crippen molar-refractivity contribution in [2.75, 3.05) is 5.75 Å². The summed E-state index contributed by atoms with van der Waals surface area (Å²) in [7, 11) is -2.88. The van der Waals surface area contributed by atoms with Crippen LogP contribution in [0.4, 0.5) is 0 Å². The van der Waals surface area contributed by atoms with E-state index in [-0.39, 0.29) is 11.3 Å². The van der Waals surface area contributed by atoms with E-state index in [1.54, 1.807) is 0 Å². The topological polar surface area (TPSA) is 46.2 Å². The fourth-order valence-corrected chi connectivity index (χ4v) is 6.71. The van der Waals surface area contributed by atoms with Crippen molar-refractivity contribution in [2.45, 2.75) is 75.6 Å². The molecule has 3 atom stereocenters. The molecule has 1 spiro atoms. The molecule has 2 saturated carbocycles. The first-order valence-corrected chi connectivity index (χ1v) is 9.20. The molecule has 4 heteroatoms. The van der Waals surface area contributed by atoms with Crippen molar-refractivity contribution in [3.05, 3.63) is 0 Å². The van der Waals surface area contributed by atoms with E-state index in [1.165, 1.54) is 32.1 Å². The van der Waals surface area contributed by atoms with Crippen LogP contribution in [0.2, 0.25) is 0 Å². The van der Waals surface area contributed by atoms with Crippen LogP contribution in [-0.2, 0) is 9.84 Å². The van der Waals surface area contributed by atoms with Crippen LogP contribution >= 0.6 is 0 Å². The summed E-state index contributed by atoms with van der Waals surface area (Å²) in [6, 6.07) is 0.575. The van der Waals surface area contributed by atoms with Crippen LogP contribution in [0.15, 0.2) is 0 Å². The van der Waals surface area contributed by atoms with Gasteiger partial charge in [-0.05, 0) is 50.9 Å². The van der Waals surface area contributed by atoms with Crippen LogP contribution in [0.5, 0.6) is 0 Å². The van der Waals surface area contributed by atoms with Gasteiger partial charge < -0.3 is 5.32 Å². The lowest BCUT2D eigenvalue weighted by Crippen LogP contribution is -2.50. The Morgan fingerprint density at radius 3 is 2.56 bits per heavy atom. The van der Waals surface area contributed by atoms with E-state index in [0.29, 0.717) is 17.2 Å². The van der Waals surface area contributed by atoms with Crippen molar-refractivity contribution in [2.24, 2.45) is 5.41 Å². The van der Waals surface area contributed by atoms with Gasteiger partial charge in [-0.15, -0.1) is 0 Å². The molecule has 3 aliphatic rings. The summed E-state index contributed by atoms with van der Waals surface area (Å²) < 4.78 is 25.0. The van der Waals surface area contributed by atoms with Crippen molar-refractivity contribution in [1.82, 2.24) is 5.32 Å². The fraction of sp³-hybridized carbons (Fsp3) is 1.00. The molecule has 3 nitrogen and oxygen atoms in total. The van der Waals surface area contributed by atoms with Gasteiger partial charge in [-0.3, -0.25) is 0 Å². The van der Waals surface area contributed by atoms with Crippen molar-refractivity contribution < 1.29 is 8.42 Å². The normalized spacial score (nSPS) is 42.4. The number of hydrogen-bond donors (Lipinski definition) is 1. The summed E-state index contributed by atoms with van der Waals surface area (Å²) in [5.41, 5.74) is 0.378. The van der Waals surface area contributed by atoms with Gasteiger partial charge in [-0.2, -0.15) is 0 Å². The zero-order valence-corrected chi connectivity index (χ0v) is 12.1. The lowest BCUT2D eigenvalue weighted by Gasteiger charge is -2.42.